The van der Waals surface area contributed by atoms with Gasteiger partial charge in [0, 0.05) is 37.1 Å². The third-order valence-corrected chi connectivity index (χ3v) is 8.48. The molecule has 2 aromatic carbocycles. The van der Waals surface area contributed by atoms with Crippen LogP contribution in [0.15, 0.2) is 78.0 Å². The van der Waals surface area contributed by atoms with E-state index in [0.717, 1.165) is 57.8 Å². The van der Waals surface area contributed by atoms with Crippen LogP contribution in [-0.4, -0.2) is 52.8 Å². The van der Waals surface area contributed by atoms with E-state index in [1.54, 1.807) is 12.4 Å². The fourth-order valence-electron chi connectivity index (χ4n) is 4.45. The van der Waals surface area contributed by atoms with Gasteiger partial charge >= 0.3 is 0 Å². The summed E-state index contributed by atoms with van der Waals surface area (Å²) in [7, 11) is 0. The molecule has 6 rings (SSSR count). The summed E-state index contributed by atoms with van der Waals surface area (Å²) in [6.07, 6.45) is 3.47. The van der Waals surface area contributed by atoms with Gasteiger partial charge in [-0.3, -0.25) is 0 Å². The highest BCUT2D eigenvalue weighted by molar-refractivity contribution is 8.00. The van der Waals surface area contributed by atoms with Gasteiger partial charge in [-0.05, 0) is 61.3 Å². The molecular weight excluding hydrogens is 591 g/mol. The number of pyridine rings is 1. The first-order valence-corrected chi connectivity index (χ1v) is 15.3. The number of thiazole rings is 1. The Morgan fingerprint density at radius 1 is 0.953 bits per heavy atom. The molecule has 0 spiro atoms. The lowest BCUT2D eigenvalue weighted by Gasteiger charge is -2.27. The van der Waals surface area contributed by atoms with Gasteiger partial charge in [-0.2, -0.15) is 0 Å². The Bertz CT molecular complexity index is 1680. The fraction of sp³-hybridized carbons (Fsp3) is 0.200. The Hall–Kier alpha value is -4.33. The van der Waals surface area contributed by atoms with Crippen molar-refractivity contribution in [1.29, 1.82) is 0 Å². The highest BCUT2D eigenvalue weighted by Gasteiger charge is 2.18. The number of nitrogens with one attached hydrogen (secondary N) is 3. The van der Waals surface area contributed by atoms with Crippen LogP contribution in [-0.2, 0) is 4.74 Å². The highest BCUT2D eigenvalue weighted by atomic mass is 32.2. The van der Waals surface area contributed by atoms with Crippen LogP contribution in [0.5, 0.6) is 0 Å². The first kappa shape index (κ1) is 28.8. The standard InChI is InChI=1S/C30H28F2N8OS2/c1-2-33-30-38-26(19-5-3-6-20(17-19)39-43-27-22(31)7-4-8-23(27)32)28(42-30)24-11-12-34-29(37-24)36-21-9-10-25(35-18-21)40-13-15-41-16-14-40/h3-12,17-18,39H,2,13-16H2,1H3,(H,33,38)(H,34,36,37). The number of hydrogen-bond acceptors (Lipinski definition) is 11. The van der Waals surface area contributed by atoms with Crippen LogP contribution in [0.1, 0.15) is 6.92 Å². The van der Waals surface area contributed by atoms with Gasteiger partial charge in [-0.1, -0.05) is 29.5 Å². The summed E-state index contributed by atoms with van der Waals surface area (Å²) >= 11 is 2.38. The van der Waals surface area contributed by atoms with Crippen LogP contribution in [0.4, 0.5) is 37.1 Å². The number of benzene rings is 2. The molecule has 1 fully saturated rings. The molecule has 3 aromatic heterocycles. The second kappa shape index (κ2) is 13.3. The minimum atomic E-state index is -0.622. The zero-order valence-corrected chi connectivity index (χ0v) is 24.8. The lowest BCUT2D eigenvalue weighted by molar-refractivity contribution is 0.122. The minimum absolute atomic E-state index is 0.0939. The number of ether oxygens (including phenoxy) is 1. The van der Waals surface area contributed by atoms with Gasteiger partial charge in [-0.25, -0.2) is 28.7 Å². The average molecular weight is 619 g/mol. The Labute approximate surface area is 255 Å². The van der Waals surface area contributed by atoms with E-state index in [-0.39, 0.29) is 4.90 Å². The monoisotopic (exact) mass is 618 g/mol. The van der Waals surface area contributed by atoms with Crippen molar-refractivity contribution in [3.63, 3.8) is 0 Å². The smallest absolute Gasteiger partial charge is 0.227 e. The highest BCUT2D eigenvalue weighted by Crippen LogP contribution is 2.39. The maximum absolute atomic E-state index is 14.1. The summed E-state index contributed by atoms with van der Waals surface area (Å²) in [5.41, 5.74) is 3.70. The van der Waals surface area contributed by atoms with Crippen LogP contribution in [0, 0.1) is 11.6 Å². The van der Waals surface area contributed by atoms with Crippen molar-refractivity contribution in [2.24, 2.45) is 0 Å². The molecule has 1 saturated heterocycles. The molecule has 0 atom stereocenters. The van der Waals surface area contributed by atoms with E-state index in [1.807, 2.05) is 49.4 Å². The van der Waals surface area contributed by atoms with Crippen LogP contribution in [0.25, 0.3) is 21.8 Å². The summed E-state index contributed by atoms with van der Waals surface area (Å²) in [4.78, 5) is 21.6. The van der Waals surface area contributed by atoms with Crippen LogP contribution < -0.4 is 20.3 Å². The third-order valence-electron chi connectivity index (χ3n) is 6.51. The summed E-state index contributed by atoms with van der Waals surface area (Å²) in [6.45, 7) is 5.76. The largest absolute Gasteiger partial charge is 0.378 e. The first-order valence-electron chi connectivity index (χ1n) is 13.7. The molecule has 0 amide bonds. The normalized spacial score (nSPS) is 13.1. The predicted molar refractivity (Wildman–Crippen MR) is 169 cm³/mol. The lowest BCUT2D eigenvalue weighted by atomic mass is 10.1. The quantitative estimate of drug-likeness (QED) is 0.141. The molecule has 0 unspecified atom stereocenters. The molecule has 0 saturated carbocycles. The van der Waals surface area contributed by atoms with Crippen molar-refractivity contribution in [2.45, 2.75) is 11.8 Å². The Kier molecular flexibility index (Phi) is 8.91. The summed E-state index contributed by atoms with van der Waals surface area (Å²) in [6, 6.07) is 17.1. The molecule has 1 aliphatic rings. The summed E-state index contributed by atoms with van der Waals surface area (Å²) in [5.74, 6) is 0.0925. The Balaban J connectivity index is 1.24. The second-order valence-electron chi connectivity index (χ2n) is 9.46. The number of hydrogen-bond donors (Lipinski definition) is 3. The van der Waals surface area contributed by atoms with Gasteiger partial charge in [0.1, 0.15) is 17.5 Å². The SMILES string of the molecule is CCNc1nc(-c2cccc(NSc3c(F)cccc3F)c2)c(-c2ccnc(Nc3ccc(N4CCOCC4)nc3)n2)s1. The minimum Gasteiger partial charge on any atom is -0.378 e. The van der Waals surface area contributed by atoms with E-state index in [4.69, 9.17) is 14.7 Å². The molecule has 13 heteroatoms. The zero-order valence-electron chi connectivity index (χ0n) is 23.2. The third kappa shape index (κ3) is 6.85. The van der Waals surface area contributed by atoms with Gasteiger partial charge in [0.15, 0.2) is 5.13 Å². The molecule has 9 nitrogen and oxygen atoms in total. The summed E-state index contributed by atoms with van der Waals surface area (Å²) < 4.78 is 36.8. The molecule has 1 aliphatic heterocycles. The number of rotatable bonds is 10. The van der Waals surface area contributed by atoms with E-state index in [0.29, 0.717) is 37.1 Å². The van der Waals surface area contributed by atoms with Crippen molar-refractivity contribution in [1.82, 2.24) is 19.9 Å². The molecule has 0 radical (unpaired) electrons. The number of halogens is 2. The first-order chi connectivity index (χ1) is 21.1. The Morgan fingerprint density at radius 2 is 1.77 bits per heavy atom. The number of morpholine rings is 1. The van der Waals surface area contributed by atoms with Crippen LogP contribution >= 0.6 is 23.3 Å². The summed E-state index contributed by atoms with van der Waals surface area (Å²) in [5, 5.41) is 7.30. The van der Waals surface area contributed by atoms with Gasteiger partial charge < -0.3 is 25.0 Å². The molecule has 5 aromatic rings. The van der Waals surface area contributed by atoms with E-state index >= 15 is 0 Å². The van der Waals surface area contributed by atoms with Crippen molar-refractivity contribution in [3.05, 3.63) is 84.7 Å². The zero-order chi connectivity index (χ0) is 29.6. The molecule has 0 bridgehead atoms. The van der Waals surface area contributed by atoms with Gasteiger partial charge in [0.05, 0.1) is 46.3 Å². The number of nitrogens with zero attached hydrogens (tertiary/aromatic N) is 5. The van der Waals surface area contributed by atoms with Crippen LogP contribution in [0.3, 0.4) is 0 Å². The second-order valence-corrected chi connectivity index (χ2v) is 11.3. The van der Waals surface area contributed by atoms with E-state index in [1.165, 1.54) is 29.5 Å². The Morgan fingerprint density at radius 3 is 2.53 bits per heavy atom. The van der Waals surface area contributed by atoms with Gasteiger partial charge in [-0.15, -0.1) is 0 Å². The average Bonchev–Trinajstić information content (AvgIpc) is 3.46. The van der Waals surface area contributed by atoms with E-state index in [2.05, 4.69) is 30.2 Å². The van der Waals surface area contributed by atoms with Gasteiger partial charge in [0.2, 0.25) is 5.95 Å². The molecule has 0 aliphatic carbocycles. The van der Waals surface area contributed by atoms with Gasteiger partial charge in [0.25, 0.3) is 0 Å². The predicted octanol–water partition coefficient (Wildman–Crippen LogP) is 7.07. The molecule has 3 N–H and O–H groups in total. The maximum Gasteiger partial charge on any atom is 0.227 e. The maximum atomic E-state index is 14.1. The molecule has 4 heterocycles. The van der Waals surface area contributed by atoms with E-state index in [9.17, 15) is 8.78 Å². The van der Waals surface area contributed by atoms with Crippen molar-refractivity contribution < 1.29 is 13.5 Å². The number of aromatic nitrogens is 4. The topological polar surface area (TPSA) is 100 Å². The van der Waals surface area contributed by atoms with E-state index < -0.39 is 11.6 Å². The van der Waals surface area contributed by atoms with Crippen LogP contribution in [0.2, 0.25) is 0 Å². The molecular formula is C30H28F2N8OS2. The molecule has 220 valence electrons. The van der Waals surface area contributed by atoms with Crippen molar-refractivity contribution in [3.8, 4) is 21.8 Å². The fourth-order valence-corrected chi connectivity index (χ4v) is 6.15. The van der Waals surface area contributed by atoms with Crippen molar-refractivity contribution >= 4 is 51.6 Å². The number of anilines is 5. The lowest BCUT2D eigenvalue weighted by Crippen LogP contribution is -2.36. The van der Waals surface area contributed by atoms with Crippen molar-refractivity contribution in [2.75, 3.05) is 53.1 Å². The molecule has 43 heavy (non-hydrogen) atoms.